The molecule has 1 aromatic heterocycles. The summed E-state index contributed by atoms with van der Waals surface area (Å²) in [6.07, 6.45) is 1.21. The van der Waals surface area contributed by atoms with E-state index >= 15 is 0 Å². The standard InChI is InChI=1S/C11H17ClN2OS/c1-7-11(16-9(3)13-7)8(2)14-10(15)5-4-6-12/h8H,4-6H2,1-3H3,(H,14,15). The van der Waals surface area contributed by atoms with E-state index in [1.165, 1.54) is 0 Å². The molecule has 1 N–H and O–H groups in total. The zero-order valence-electron chi connectivity index (χ0n) is 9.84. The van der Waals surface area contributed by atoms with Crippen molar-refractivity contribution in [2.75, 3.05) is 5.88 Å². The predicted molar refractivity (Wildman–Crippen MR) is 68.1 cm³/mol. The second-order valence-electron chi connectivity index (χ2n) is 3.76. The van der Waals surface area contributed by atoms with Crippen molar-refractivity contribution < 1.29 is 4.79 Å². The van der Waals surface area contributed by atoms with Crippen LogP contribution in [0.2, 0.25) is 0 Å². The molecular formula is C11H17ClN2OS. The van der Waals surface area contributed by atoms with Crippen LogP contribution in [-0.4, -0.2) is 16.8 Å². The summed E-state index contributed by atoms with van der Waals surface area (Å²) in [5, 5.41) is 3.99. The first kappa shape index (κ1) is 13.5. The Morgan fingerprint density at radius 1 is 1.56 bits per heavy atom. The van der Waals surface area contributed by atoms with Gasteiger partial charge in [0, 0.05) is 17.2 Å². The van der Waals surface area contributed by atoms with Crippen molar-refractivity contribution >= 4 is 28.8 Å². The molecule has 1 aromatic rings. The van der Waals surface area contributed by atoms with E-state index in [1.807, 2.05) is 20.8 Å². The molecule has 16 heavy (non-hydrogen) atoms. The Morgan fingerprint density at radius 2 is 2.25 bits per heavy atom. The molecule has 5 heteroatoms. The monoisotopic (exact) mass is 260 g/mol. The Labute approximate surface area is 105 Å². The van der Waals surface area contributed by atoms with Crippen molar-refractivity contribution in [1.82, 2.24) is 10.3 Å². The van der Waals surface area contributed by atoms with Gasteiger partial charge < -0.3 is 5.32 Å². The molecule has 3 nitrogen and oxygen atoms in total. The van der Waals surface area contributed by atoms with E-state index in [1.54, 1.807) is 11.3 Å². The number of hydrogen-bond acceptors (Lipinski definition) is 3. The summed E-state index contributed by atoms with van der Waals surface area (Å²) in [6.45, 7) is 5.93. The molecule has 0 aliphatic heterocycles. The number of rotatable bonds is 5. The maximum absolute atomic E-state index is 11.5. The van der Waals surface area contributed by atoms with Gasteiger partial charge in [-0.15, -0.1) is 22.9 Å². The van der Waals surface area contributed by atoms with E-state index in [2.05, 4.69) is 10.3 Å². The minimum absolute atomic E-state index is 0.0361. The smallest absolute Gasteiger partial charge is 0.220 e. The van der Waals surface area contributed by atoms with Crippen molar-refractivity contribution in [1.29, 1.82) is 0 Å². The molecule has 0 saturated heterocycles. The second kappa shape index (κ2) is 6.21. The lowest BCUT2D eigenvalue weighted by molar-refractivity contribution is -0.121. The summed E-state index contributed by atoms with van der Waals surface area (Å²) in [5.74, 6) is 0.583. The predicted octanol–water partition coefficient (Wildman–Crippen LogP) is 2.96. The largest absolute Gasteiger partial charge is 0.349 e. The molecule has 0 fully saturated rings. The molecule has 1 atom stereocenters. The minimum atomic E-state index is 0.0361. The van der Waals surface area contributed by atoms with Crippen LogP contribution < -0.4 is 5.32 Å². The maximum atomic E-state index is 11.5. The number of hydrogen-bond donors (Lipinski definition) is 1. The molecule has 0 aliphatic rings. The lowest BCUT2D eigenvalue weighted by Gasteiger charge is -2.12. The van der Waals surface area contributed by atoms with Gasteiger partial charge in [-0.05, 0) is 27.2 Å². The fourth-order valence-electron chi connectivity index (χ4n) is 1.56. The van der Waals surface area contributed by atoms with Gasteiger partial charge in [0.2, 0.25) is 5.91 Å². The number of amides is 1. The van der Waals surface area contributed by atoms with Gasteiger partial charge in [0.25, 0.3) is 0 Å². The first-order valence-electron chi connectivity index (χ1n) is 5.34. The van der Waals surface area contributed by atoms with Crippen LogP contribution in [0.1, 0.15) is 41.4 Å². The van der Waals surface area contributed by atoms with Crippen LogP contribution in [-0.2, 0) is 4.79 Å². The summed E-state index contributed by atoms with van der Waals surface area (Å²) in [7, 11) is 0. The maximum Gasteiger partial charge on any atom is 0.220 e. The van der Waals surface area contributed by atoms with Crippen LogP contribution in [0.3, 0.4) is 0 Å². The molecule has 1 heterocycles. The van der Waals surface area contributed by atoms with Gasteiger partial charge in [-0.3, -0.25) is 4.79 Å². The third-order valence-electron chi connectivity index (χ3n) is 2.25. The number of aryl methyl sites for hydroxylation is 2. The summed E-state index contributed by atoms with van der Waals surface area (Å²) in [5.41, 5.74) is 1.01. The number of alkyl halides is 1. The molecule has 1 unspecified atom stereocenters. The highest BCUT2D eigenvalue weighted by Gasteiger charge is 2.14. The van der Waals surface area contributed by atoms with E-state index in [0.717, 1.165) is 22.0 Å². The van der Waals surface area contributed by atoms with Crippen LogP contribution in [0.5, 0.6) is 0 Å². The first-order chi connectivity index (χ1) is 7.54. The van der Waals surface area contributed by atoms with E-state index < -0.39 is 0 Å². The molecule has 0 saturated carbocycles. The molecule has 0 bridgehead atoms. The van der Waals surface area contributed by atoms with Gasteiger partial charge in [0.05, 0.1) is 16.7 Å². The Morgan fingerprint density at radius 3 is 2.75 bits per heavy atom. The second-order valence-corrected chi connectivity index (χ2v) is 5.38. The SMILES string of the molecule is Cc1nc(C)c(C(C)NC(=O)CCCCl)s1. The van der Waals surface area contributed by atoms with Gasteiger partial charge in [-0.1, -0.05) is 0 Å². The van der Waals surface area contributed by atoms with Gasteiger partial charge in [0.1, 0.15) is 0 Å². The topological polar surface area (TPSA) is 42.0 Å². The van der Waals surface area contributed by atoms with Crippen LogP contribution in [0.15, 0.2) is 0 Å². The third-order valence-corrected chi connectivity index (χ3v) is 3.77. The van der Waals surface area contributed by atoms with Gasteiger partial charge in [-0.25, -0.2) is 4.98 Å². The highest BCUT2D eigenvalue weighted by molar-refractivity contribution is 7.11. The van der Waals surface area contributed by atoms with Gasteiger partial charge in [0.15, 0.2) is 0 Å². The molecule has 90 valence electrons. The minimum Gasteiger partial charge on any atom is -0.349 e. The number of aromatic nitrogens is 1. The fourth-order valence-corrected chi connectivity index (χ4v) is 2.62. The number of carbonyl (C=O) groups excluding carboxylic acids is 1. The Balaban J connectivity index is 2.55. The Hall–Kier alpha value is -0.610. The number of nitrogens with one attached hydrogen (secondary N) is 1. The third kappa shape index (κ3) is 3.76. The van der Waals surface area contributed by atoms with Crippen LogP contribution in [0, 0.1) is 13.8 Å². The molecule has 1 rings (SSSR count). The van der Waals surface area contributed by atoms with Crippen molar-refractivity contribution in [3.05, 3.63) is 15.6 Å². The first-order valence-corrected chi connectivity index (χ1v) is 6.69. The molecular weight excluding hydrogens is 244 g/mol. The summed E-state index contributed by atoms with van der Waals surface area (Å²) >= 11 is 7.18. The van der Waals surface area contributed by atoms with Crippen LogP contribution >= 0.6 is 22.9 Å². The van der Waals surface area contributed by atoms with E-state index in [9.17, 15) is 4.79 Å². The van der Waals surface area contributed by atoms with E-state index in [0.29, 0.717) is 12.3 Å². The molecule has 1 amide bonds. The molecule has 0 aliphatic carbocycles. The fraction of sp³-hybridized carbons (Fsp3) is 0.636. The average Bonchev–Trinajstić information content (AvgIpc) is 2.54. The van der Waals surface area contributed by atoms with Crippen LogP contribution in [0.25, 0.3) is 0 Å². The van der Waals surface area contributed by atoms with Crippen molar-refractivity contribution in [3.8, 4) is 0 Å². The number of halogens is 1. The molecule has 0 radical (unpaired) electrons. The van der Waals surface area contributed by atoms with E-state index in [-0.39, 0.29) is 11.9 Å². The van der Waals surface area contributed by atoms with Gasteiger partial charge >= 0.3 is 0 Å². The lowest BCUT2D eigenvalue weighted by Crippen LogP contribution is -2.26. The highest BCUT2D eigenvalue weighted by atomic mass is 35.5. The van der Waals surface area contributed by atoms with Crippen LogP contribution in [0.4, 0.5) is 0 Å². The van der Waals surface area contributed by atoms with Gasteiger partial charge in [-0.2, -0.15) is 0 Å². The zero-order valence-corrected chi connectivity index (χ0v) is 11.4. The Kier molecular flexibility index (Phi) is 5.22. The van der Waals surface area contributed by atoms with Crippen molar-refractivity contribution in [2.45, 2.75) is 39.7 Å². The quantitative estimate of drug-likeness (QED) is 0.827. The normalized spacial score (nSPS) is 12.5. The van der Waals surface area contributed by atoms with Crippen molar-refractivity contribution in [2.24, 2.45) is 0 Å². The number of nitrogens with zero attached hydrogens (tertiary/aromatic N) is 1. The van der Waals surface area contributed by atoms with Crippen molar-refractivity contribution in [3.63, 3.8) is 0 Å². The van der Waals surface area contributed by atoms with E-state index in [4.69, 9.17) is 11.6 Å². The molecule has 0 spiro atoms. The summed E-state index contributed by atoms with van der Waals surface area (Å²) in [4.78, 5) is 17.0. The number of thiazole rings is 1. The summed E-state index contributed by atoms with van der Waals surface area (Å²) in [6, 6.07) is 0.0361. The zero-order chi connectivity index (χ0) is 12.1. The highest BCUT2D eigenvalue weighted by Crippen LogP contribution is 2.24. The lowest BCUT2D eigenvalue weighted by atomic mass is 10.2. The Bertz CT molecular complexity index is 365. The molecule has 0 aromatic carbocycles. The average molecular weight is 261 g/mol. The summed E-state index contributed by atoms with van der Waals surface area (Å²) < 4.78 is 0. The number of carbonyl (C=O) groups is 1.